The first-order valence-corrected chi connectivity index (χ1v) is 6.17. The van der Waals surface area contributed by atoms with E-state index in [-0.39, 0.29) is 0 Å². The molecule has 0 amide bonds. The zero-order chi connectivity index (χ0) is 13.0. The fourth-order valence-corrected chi connectivity index (χ4v) is 1.72. The van der Waals surface area contributed by atoms with Gasteiger partial charge in [-0.2, -0.15) is 0 Å². The summed E-state index contributed by atoms with van der Waals surface area (Å²) in [6, 6.07) is 4.19. The van der Waals surface area contributed by atoms with Crippen LogP contribution in [0.15, 0.2) is 24.5 Å². The number of rotatable bonds is 4. The molecule has 4 nitrogen and oxygen atoms in total. The molecule has 0 spiro atoms. The topological polar surface area (TPSA) is 50.7 Å². The highest BCUT2D eigenvalue weighted by atomic mass is 15.1. The van der Waals surface area contributed by atoms with Gasteiger partial charge in [-0.15, -0.1) is 0 Å². The predicted molar refractivity (Wildman–Crippen MR) is 72.7 cm³/mol. The van der Waals surface area contributed by atoms with Crippen molar-refractivity contribution in [2.24, 2.45) is 0 Å². The molecule has 0 aliphatic rings. The summed E-state index contributed by atoms with van der Waals surface area (Å²) in [6.07, 6.45) is 5.54. The average molecular weight is 242 g/mol. The van der Waals surface area contributed by atoms with E-state index < -0.39 is 0 Å². The molecule has 0 saturated heterocycles. The van der Waals surface area contributed by atoms with Crippen LogP contribution >= 0.6 is 0 Å². The highest BCUT2D eigenvalue weighted by Gasteiger charge is 2.05. The van der Waals surface area contributed by atoms with Gasteiger partial charge in [0.2, 0.25) is 5.95 Å². The molecule has 0 aliphatic carbocycles. The maximum absolute atomic E-state index is 4.47. The molecule has 0 radical (unpaired) electrons. The van der Waals surface area contributed by atoms with Crippen molar-refractivity contribution in [3.63, 3.8) is 0 Å². The summed E-state index contributed by atoms with van der Waals surface area (Å²) < 4.78 is 0. The molecule has 1 N–H and O–H groups in total. The molecule has 0 aromatic carbocycles. The van der Waals surface area contributed by atoms with E-state index in [2.05, 4.69) is 39.3 Å². The van der Waals surface area contributed by atoms with Crippen molar-refractivity contribution in [3.05, 3.63) is 47.0 Å². The number of hydrogen-bond acceptors (Lipinski definition) is 4. The van der Waals surface area contributed by atoms with Gasteiger partial charge in [0.15, 0.2) is 0 Å². The number of aryl methyl sites for hydroxylation is 2. The summed E-state index contributed by atoms with van der Waals surface area (Å²) in [6.45, 7) is 4.15. The lowest BCUT2D eigenvalue weighted by Gasteiger charge is -2.07. The van der Waals surface area contributed by atoms with Crippen LogP contribution in [-0.4, -0.2) is 22.0 Å². The first kappa shape index (κ1) is 12.5. The molecule has 2 rings (SSSR count). The van der Waals surface area contributed by atoms with Crippen molar-refractivity contribution >= 4 is 5.95 Å². The molecule has 0 saturated carbocycles. The largest absolute Gasteiger partial charge is 0.357 e. The van der Waals surface area contributed by atoms with Crippen LogP contribution < -0.4 is 5.32 Å². The Bertz CT molecular complexity index is 520. The zero-order valence-electron chi connectivity index (χ0n) is 11.1. The SMILES string of the molecule is CCc1ccc(Cc2nc(NC)ncc2C)nc1. The van der Waals surface area contributed by atoms with Crippen molar-refractivity contribution in [1.82, 2.24) is 15.0 Å². The predicted octanol–water partition coefficient (Wildman–Crippen LogP) is 2.37. The molecule has 2 heterocycles. The molecule has 18 heavy (non-hydrogen) atoms. The molecule has 0 bridgehead atoms. The van der Waals surface area contributed by atoms with Crippen molar-refractivity contribution in [2.75, 3.05) is 12.4 Å². The molecule has 0 unspecified atom stereocenters. The zero-order valence-corrected chi connectivity index (χ0v) is 11.1. The maximum atomic E-state index is 4.47. The van der Waals surface area contributed by atoms with Crippen molar-refractivity contribution in [2.45, 2.75) is 26.7 Å². The van der Waals surface area contributed by atoms with Crippen LogP contribution in [0.25, 0.3) is 0 Å². The Kier molecular flexibility index (Phi) is 3.87. The summed E-state index contributed by atoms with van der Waals surface area (Å²) in [5.74, 6) is 0.653. The lowest BCUT2D eigenvalue weighted by Crippen LogP contribution is -2.03. The third kappa shape index (κ3) is 2.83. The Hall–Kier alpha value is -1.97. The number of pyridine rings is 1. The van der Waals surface area contributed by atoms with E-state index in [9.17, 15) is 0 Å². The third-order valence-electron chi connectivity index (χ3n) is 2.94. The standard InChI is InChI=1S/C14H18N4/c1-4-11-5-6-12(16-9-11)7-13-10(2)8-17-14(15-3)18-13/h5-6,8-9H,4,7H2,1-3H3,(H,15,17,18). The van der Waals surface area contributed by atoms with Crippen molar-refractivity contribution in [1.29, 1.82) is 0 Å². The van der Waals surface area contributed by atoms with Gasteiger partial charge in [-0.3, -0.25) is 4.98 Å². The van der Waals surface area contributed by atoms with Gasteiger partial charge in [-0.1, -0.05) is 13.0 Å². The summed E-state index contributed by atoms with van der Waals surface area (Å²) in [5.41, 5.74) is 4.41. The molecule has 0 aliphatic heterocycles. The van der Waals surface area contributed by atoms with E-state index in [4.69, 9.17) is 0 Å². The lowest BCUT2D eigenvalue weighted by atomic mass is 10.1. The first-order valence-electron chi connectivity index (χ1n) is 6.17. The number of nitrogens with zero attached hydrogens (tertiary/aromatic N) is 3. The molecule has 94 valence electrons. The molecular formula is C14H18N4. The van der Waals surface area contributed by atoms with Gasteiger partial charge >= 0.3 is 0 Å². The smallest absolute Gasteiger partial charge is 0.222 e. The minimum absolute atomic E-state index is 0.653. The minimum Gasteiger partial charge on any atom is -0.357 e. The Morgan fingerprint density at radius 3 is 2.61 bits per heavy atom. The van der Waals surface area contributed by atoms with Gasteiger partial charge in [0.05, 0.1) is 5.69 Å². The molecule has 2 aromatic heterocycles. The van der Waals surface area contributed by atoms with Gasteiger partial charge in [0.1, 0.15) is 0 Å². The summed E-state index contributed by atoms with van der Waals surface area (Å²) in [4.78, 5) is 13.1. The first-order chi connectivity index (χ1) is 8.72. The van der Waals surface area contributed by atoms with Gasteiger partial charge in [0.25, 0.3) is 0 Å². The van der Waals surface area contributed by atoms with Gasteiger partial charge in [-0.25, -0.2) is 9.97 Å². The Balaban J connectivity index is 2.21. The summed E-state index contributed by atoms with van der Waals surface area (Å²) >= 11 is 0. The lowest BCUT2D eigenvalue weighted by molar-refractivity contribution is 0.955. The van der Waals surface area contributed by atoms with Crippen molar-refractivity contribution < 1.29 is 0 Å². The number of aromatic nitrogens is 3. The van der Waals surface area contributed by atoms with Crippen LogP contribution in [0.5, 0.6) is 0 Å². The number of hydrogen-bond donors (Lipinski definition) is 1. The molecule has 0 fully saturated rings. The quantitative estimate of drug-likeness (QED) is 0.894. The van der Waals surface area contributed by atoms with Gasteiger partial charge < -0.3 is 5.32 Å². The second kappa shape index (κ2) is 5.58. The molecule has 0 atom stereocenters. The molecule has 2 aromatic rings. The Labute approximate surface area is 108 Å². The third-order valence-corrected chi connectivity index (χ3v) is 2.94. The van der Waals surface area contributed by atoms with Crippen LogP contribution in [0, 0.1) is 6.92 Å². The van der Waals surface area contributed by atoms with E-state index >= 15 is 0 Å². The van der Waals surface area contributed by atoms with E-state index in [0.717, 1.165) is 29.8 Å². The van der Waals surface area contributed by atoms with E-state index in [1.165, 1.54) is 5.56 Å². The van der Waals surface area contributed by atoms with Crippen LogP contribution in [0.2, 0.25) is 0 Å². The second-order valence-electron chi connectivity index (χ2n) is 4.26. The van der Waals surface area contributed by atoms with Gasteiger partial charge in [0, 0.05) is 31.6 Å². The molecule has 4 heteroatoms. The van der Waals surface area contributed by atoms with Gasteiger partial charge in [-0.05, 0) is 30.5 Å². The maximum Gasteiger partial charge on any atom is 0.222 e. The average Bonchev–Trinajstić information content (AvgIpc) is 2.42. The van der Waals surface area contributed by atoms with E-state index in [1.54, 1.807) is 0 Å². The van der Waals surface area contributed by atoms with E-state index in [1.807, 2.05) is 26.4 Å². The van der Waals surface area contributed by atoms with Crippen LogP contribution in [0.3, 0.4) is 0 Å². The summed E-state index contributed by atoms with van der Waals surface area (Å²) in [7, 11) is 1.82. The molecular weight excluding hydrogens is 224 g/mol. The van der Waals surface area contributed by atoms with Crippen molar-refractivity contribution in [3.8, 4) is 0 Å². The Morgan fingerprint density at radius 1 is 1.17 bits per heavy atom. The minimum atomic E-state index is 0.653. The van der Waals surface area contributed by atoms with E-state index in [0.29, 0.717) is 5.95 Å². The number of anilines is 1. The fraction of sp³-hybridized carbons (Fsp3) is 0.357. The van der Waals surface area contributed by atoms with Crippen LogP contribution in [0.1, 0.15) is 29.4 Å². The van der Waals surface area contributed by atoms with Crippen LogP contribution in [0.4, 0.5) is 5.95 Å². The monoisotopic (exact) mass is 242 g/mol. The van der Waals surface area contributed by atoms with Crippen LogP contribution in [-0.2, 0) is 12.8 Å². The fourth-order valence-electron chi connectivity index (χ4n) is 1.72. The normalized spacial score (nSPS) is 10.4. The number of nitrogens with one attached hydrogen (secondary N) is 1. The highest BCUT2D eigenvalue weighted by Crippen LogP contribution is 2.12. The summed E-state index contributed by atoms with van der Waals surface area (Å²) in [5, 5.41) is 2.96. The Morgan fingerprint density at radius 2 is 2.00 bits per heavy atom. The second-order valence-corrected chi connectivity index (χ2v) is 4.26. The highest BCUT2D eigenvalue weighted by molar-refractivity contribution is 5.30.